The summed E-state index contributed by atoms with van der Waals surface area (Å²) < 4.78 is 10.9. The molecule has 1 aliphatic rings. The second-order valence-electron chi connectivity index (χ2n) is 7.53. The van der Waals surface area contributed by atoms with E-state index in [0.29, 0.717) is 34.8 Å². The van der Waals surface area contributed by atoms with Crippen LogP contribution in [0.5, 0.6) is 11.5 Å². The van der Waals surface area contributed by atoms with Gasteiger partial charge in [0.2, 0.25) is 6.41 Å². The Morgan fingerprint density at radius 3 is 2.50 bits per heavy atom. The largest absolute Gasteiger partial charge is 0.497 e. The molecule has 2 aromatic rings. The molecule has 2 heterocycles. The van der Waals surface area contributed by atoms with Gasteiger partial charge in [0, 0.05) is 12.7 Å². The molecule has 34 heavy (non-hydrogen) atoms. The van der Waals surface area contributed by atoms with Gasteiger partial charge in [0.05, 0.1) is 19.9 Å². The number of pyridine rings is 1. The summed E-state index contributed by atoms with van der Waals surface area (Å²) in [5.74, 6) is 1.18. The first-order valence-electron chi connectivity index (χ1n) is 10.5. The predicted octanol–water partition coefficient (Wildman–Crippen LogP) is 3.03. The van der Waals surface area contributed by atoms with Gasteiger partial charge in [0.25, 0.3) is 5.91 Å². The zero-order valence-corrected chi connectivity index (χ0v) is 19.0. The van der Waals surface area contributed by atoms with E-state index >= 15 is 0 Å². The molecule has 1 aromatic carbocycles. The van der Waals surface area contributed by atoms with Crippen LogP contribution >= 0.6 is 0 Å². The molecule has 1 saturated heterocycles. The summed E-state index contributed by atoms with van der Waals surface area (Å²) in [6.07, 6.45) is 9.07. The smallest absolute Gasteiger partial charge is 0.322 e. The average molecular weight is 463 g/mol. The van der Waals surface area contributed by atoms with Crippen LogP contribution in [-0.4, -0.2) is 48.4 Å². The number of aromatic nitrogens is 1. The maximum Gasteiger partial charge on any atom is 0.322 e. The van der Waals surface area contributed by atoms with Gasteiger partial charge >= 0.3 is 6.03 Å². The van der Waals surface area contributed by atoms with Crippen molar-refractivity contribution in [3.8, 4) is 11.5 Å². The maximum absolute atomic E-state index is 12.9. The lowest BCUT2D eigenvalue weighted by molar-refractivity contribution is -0.126. The Bertz CT molecular complexity index is 1110. The Labute approximate surface area is 197 Å². The summed E-state index contributed by atoms with van der Waals surface area (Å²) in [6.45, 7) is 5.85. The molecule has 0 saturated carbocycles. The fraction of sp³-hybridized carbons (Fsp3) is 0.200. The fourth-order valence-electron chi connectivity index (χ4n) is 3.48. The molecule has 0 aliphatic carbocycles. The Balaban J connectivity index is 1.80. The number of ether oxygens (including phenoxy) is 2. The van der Waals surface area contributed by atoms with Crippen molar-refractivity contribution in [2.24, 2.45) is 0 Å². The van der Waals surface area contributed by atoms with Crippen LogP contribution in [0, 0.1) is 0 Å². The standard InChI is InChI=1S/C25H26N4O5/c1-4-20(33-3)10-7-18(2)15-29(17-30)16-25(23(31)27-24(32)28-25)19-8-11-21(12-9-19)34-22-6-5-13-26-14-22/h4-14,17H,2,15-16H2,1,3H3,(H2,27,28,31,32)/b10-7-,20-4+. The number of carbonyl (C=O) groups is 3. The van der Waals surface area contributed by atoms with Crippen molar-refractivity contribution in [3.63, 3.8) is 0 Å². The van der Waals surface area contributed by atoms with Crippen LogP contribution in [0.15, 0.2) is 84.9 Å². The summed E-state index contributed by atoms with van der Waals surface area (Å²) in [7, 11) is 1.55. The Hall–Kier alpha value is -4.40. The first-order chi connectivity index (χ1) is 16.4. The average Bonchev–Trinajstić information content (AvgIpc) is 3.13. The number of benzene rings is 1. The van der Waals surface area contributed by atoms with Gasteiger partial charge in [-0.25, -0.2) is 4.79 Å². The third-order valence-electron chi connectivity index (χ3n) is 5.16. The van der Waals surface area contributed by atoms with Crippen LogP contribution in [0.1, 0.15) is 12.5 Å². The molecule has 9 heteroatoms. The van der Waals surface area contributed by atoms with Gasteiger partial charge in [-0.3, -0.25) is 19.9 Å². The third-order valence-corrected chi connectivity index (χ3v) is 5.16. The van der Waals surface area contributed by atoms with Crippen molar-refractivity contribution in [1.29, 1.82) is 0 Å². The van der Waals surface area contributed by atoms with E-state index in [9.17, 15) is 14.4 Å². The van der Waals surface area contributed by atoms with Crippen molar-refractivity contribution in [3.05, 3.63) is 90.5 Å². The van der Waals surface area contributed by atoms with Gasteiger partial charge < -0.3 is 19.7 Å². The van der Waals surface area contributed by atoms with E-state index < -0.39 is 17.5 Å². The minimum atomic E-state index is -1.46. The topological polar surface area (TPSA) is 110 Å². The van der Waals surface area contributed by atoms with Gasteiger partial charge in [0.1, 0.15) is 17.3 Å². The second-order valence-corrected chi connectivity index (χ2v) is 7.53. The number of rotatable bonds is 11. The second kappa shape index (κ2) is 11.0. The lowest BCUT2D eigenvalue weighted by Crippen LogP contribution is -2.52. The molecule has 1 atom stereocenters. The summed E-state index contributed by atoms with van der Waals surface area (Å²) in [6, 6.07) is 9.58. The molecule has 1 fully saturated rings. The summed E-state index contributed by atoms with van der Waals surface area (Å²) >= 11 is 0. The number of nitrogens with zero attached hydrogens (tertiary/aromatic N) is 2. The highest BCUT2D eigenvalue weighted by Crippen LogP contribution is 2.29. The highest BCUT2D eigenvalue weighted by molar-refractivity contribution is 6.07. The fourth-order valence-corrected chi connectivity index (χ4v) is 3.48. The van der Waals surface area contributed by atoms with Crippen molar-refractivity contribution < 1.29 is 23.9 Å². The van der Waals surface area contributed by atoms with Crippen LogP contribution in [0.4, 0.5) is 4.79 Å². The van der Waals surface area contributed by atoms with E-state index in [4.69, 9.17) is 9.47 Å². The number of methoxy groups -OCH3 is 1. The number of imide groups is 1. The number of carbonyl (C=O) groups excluding carboxylic acids is 3. The molecule has 0 radical (unpaired) electrons. The van der Waals surface area contributed by atoms with Crippen LogP contribution in [0.3, 0.4) is 0 Å². The van der Waals surface area contributed by atoms with E-state index in [0.717, 1.165) is 0 Å². The van der Waals surface area contributed by atoms with E-state index in [-0.39, 0.29) is 13.1 Å². The van der Waals surface area contributed by atoms with Gasteiger partial charge in [-0.2, -0.15) is 0 Å². The normalized spacial score (nSPS) is 17.8. The minimum Gasteiger partial charge on any atom is -0.497 e. The monoisotopic (exact) mass is 462 g/mol. The SMILES string of the molecule is C=C(/C=C\C(=C/C)OC)CN(C=O)CC1(c2ccc(Oc3cccnc3)cc2)NC(=O)NC1=O. The molecule has 9 nitrogen and oxygen atoms in total. The van der Waals surface area contributed by atoms with Gasteiger partial charge in [-0.1, -0.05) is 24.8 Å². The van der Waals surface area contributed by atoms with Crippen LogP contribution in [0.2, 0.25) is 0 Å². The summed E-state index contributed by atoms with van der Waals surface area (Å²) in [5.41, 5.74) is -0.350. The molecule has 3 rings (SSSR count). The van der Waals surface area contributed by atoms with E-state index in [2.05, 4.69) is 22.2 Å². The van der Waals surface area contributed by atoms with Crippen molar-refractivity contribution >= 4 is 18.3 Å². The van der Waals surface area contributed by atoms with Gasteiger partial charge in [0.15, 0.2) is 5.54 Å². The molecule has 4 amide bonds. The highest BCUT2D eigenvalue weighted by atomic mass is 16.5. The van der Waals surface area contributed by atoms with Crippen LogP contribution in [0.25, 0.3) is 0 Å². The van der Waals surface area contributed by atoms with E-state index in [1.165, 1.54) is 4.90 Å². The number of urea groups is 1. The first-order valence-corrected chi connectivity index (χ1v) is 10.5. The molecule has 176 valence electrons. The molecule has 1 aliphatic heterocycles. The quantitative estimate of drug-likeness (QED) is 0.230. The Morgan fingerprint density at radius 2 is 1.94 bits per heavy atom. The van der Waals surface area contributed by atoms with Crippen LogP contribution in [-0.2, 0) is 19.9 Å². The number of nitrogens with one attached hydrogen (secondary N) is 2. The van der Waals surface area contributed by atoms with Crippen LogP contribution < -0.4 is 15.4 Å². The molecule has 1 unspecified atom stereocenters. The van der Waals surface area contributed by atoms with Crippen molar-refractivity contribution in [1.82, 2.24) is 20.5 Å². The zero-order chi connectivity index (χ0) is 24.6. The Kier molecular flexibility index (Phi) is 7.81. The maximum atomic E-state index is 12.9. The number of amides is 4. The highest BCUT2D eigenvalue weighted by Gasteiger charge is 2.48. The Morgan fingerprint density at radius 1 is 1.18 bits per heavy atom. The van der Waals surface area contributed by atoms with Crippen molar-refractivity contribution in [2.75, 3.05) is 20.2 Å². The summed E-state index contributed by atoms with van der Waals surface area (Å²) in [5, 5.41) is 4.95. The van der Waals surface area contributed by atoms with Gasteiger partial charge in [-0.05, 0) is 54.5 Å². The third kappa shape index (κ3) is 5.69. The molecular formula is C25H26N4O5. The molecule has 0 bridgehead atoms. The number of hydrogen-bond donors (Lipinski definition) is 2. The van der Waals surface area contributed by atoms with E-state index in [1.54, 1.807) is 74.1 Å². The zero-order valence-electron chi connectivity index (χ0n) is 19.0. The lowest BCUT2D eigenvalue weighted by atomic mass is 9.89. The number of allylic oxidation sites excluding steroid dienone is 2. The molecule has 2 N–H and O–H groups in total. The predicted molar refractivity (Wildman–Crippen MR) is 126 cm³/mol. The molecular weight excluding hydrogens is 436 g/mol. The van der Waals surface area contributed by atoms with Crippen molar-refractivity contribution in [2.45, 2.75) is 12.5 Å². The minimum absolute atomic E-state index is 0.0928. The summed E-state index contributed by atoms with van der Waals surface area (Å²) in [4.78, 5) is 42.2. The van der Waals surface area contributed by atoms with Gasteiger partial charge in [-0.15, -0.1) is 0 Å². The molecule has 0 spiro atoms. The first kappa shape index (κ1) is 24.2. The lowest BCUT2D eigenvalue weighted by Gasteiger charge is -2.31. The molecule has 1 aromatic heterocycles. The number of hydrogen-bond acceptors (Lipinski definition) is 6. The van der Waals surface area contributed by atoms with E-state index in [1.807, 2.05) is 6.92 Å².